The molecule has 3 fully saturated rings. The highest BCUT2D eigenvalue weighted by Crippen LogP contribution is 2.66. The van der Waals surface area contributed by atoms with Gasteiger partial charge in [-0.05, 0) is 55.6 Å². The van der Waals surface area contributed by atoms with E-state index in [9.17, 15) is 21.6 Å². The highest BCUT2D eigenvalue weighted by molar-refractivity contribution is 7.90. The summed E-state index contributed by atoms with van der Waals surface area (Å²) < 4.78 is 52.2. The number of rotatable bonds is 9. The molecule has 11 heteroatoms. The van der Waals surface area contributed by atoms with Crippen molar-refractivity contribution < 1.29 is 21.6 Å². The summed E-state index contributed by atoms with van der Waals surface area (Å²) in [6.07, 6.45) is 3.55. The number of para-hydroxylation sites is 1. The summed E-state index contributed by atoms with van der Waals surface area (Å²) in [5.41, 5.74) is 7.50. The first kappa shape index (κ1) is 28.3. The van der Waals surface area contributed by atoms with Gasteiger partial charge in [0.15, 0.2) is 0 Å². The molecule has 1 aromatic rings. The van der Waals surface area contributed by atoms with Crippen LogP contribution in [0.1, 0.15) is 45.1 Å². The Bertz CT molecular complexity index is 1230. The first-order chi connectivity index (χ1) is 17.2. The summed E-state index contributed by atoms with van der Waals surface area (Å²) in [6, 6.07) is 6.90. The maximum Gasteiger partial charge on any atom is 0.237 e. The number of nitrogens with zero attached hydrogens (tertiary/aromatic N) is 2. The summed E-state index contributed by atoms with van der Waals surface area (Å²) in [6.45, 7) is 8.47. The van der Waals surface area contributed by atoms with Crippen molar-refractivity contribution in [2.24, 2.45) is 22.5 Å². The van der Waals surface area contributed by atoms with E-state index in [1.54, 1.807) is 4.31 Å². The van der Waals surface area contributed by atoms with E-state index >= 15 is 0 Å². The van der Waals surface area contributed by atoms with Crippen LogP contribution in [0.15, 0.2) is 24.3 Å². The van der Waals surface area contributed by atoms with Crippen LogP contribution in [0, 0.1) is 23.7 Å². The number of sulfone groups is 1. The molecule has 1 aromatic carbocycles. The number of fused-ring (bicyclic) bond motifs is 2. The molecule has 3 N–H and O–H groups in total. The van der Waals surface area contributed by atoms with E-state index in [0.717, 1.165) is 24.8 Å². The molecule has 2 aliphatic carbocycles. The average Bonchev–Trinajstić information content (AvgIpc) is 3.17. The van der Waals surface area contributed by atoms with Crippen LogP contribution in [0.2, 0.25) is 0 Å². The Morgan fingerprint density at radius 3 is 2.38 bits per heavy atom. The lowest BCUT2D eigenvalue weighted by Gasteiger charge is -2.44. The highest BCUT2D eigenvalue weighted by Gasteiger charge is 2.65. The summed E-state index contributed by atoms with van der Waals surface area (Å²) in [7, 11) is -6.80. The molecule has 2 bridgehead atoms. The molecule has 1 amide bonds. The van der Waals surface area contributed by atoms with E-state index in [1.165, 1.54) is 5.56 Å². The first-order valence-electron chi connectivity index (χ1n) is 13.2. The molecule has 37 heavy (non-hydrogen) atoms. The third-order valence-corrected chi connectivity index (χ3v) is 12.4. The van der Waals surface area contributed by atoms with Gasteiger partial charge < -0.3 is 16.0 Å². The predicted molar refractivity (Wildman–Crippen MR) is 147 cm³/mol. The van der Waals surface area contributed by atoms with Gasteiger partial charge >= 0.3 is 0 Å². The van der Waals surface area contributed by atoms with Gasteiger partial charge in [0.2, 0.25) is 15.9 Å². The topological polar surface area (TPSA) is 130 Å². The van der Waals surface area contributed by atoms with Crippen molar-refractivity contribution in [3.63, 3.8) is 0 Å². The van der Waals surface area contributed by atoms with Crippen LogP contribution in [0.4, 0.5) is 5.69 Å². The van der Waals surface area contributed by atoms with Crippen molar-refractivity contribution in [1.29, 1.82) is 0 Å². The van der Waals surface area contributed by atoms with Crippen molar-refractivity contribution in [3.8, 4) is 0 Å². The molecule has 0 spiro atoms. The van der Waals surface area contributed by atoms with Crippen LogP contribution < -0.4 is 16.0 Å². The van der Waals surface area contributed by atoms with Gasteiger partial charge in [-0.25, -0.2) is 16.8 Å². The summed E-state index contributed by atoms with van der Waals surface area (Å²) >= 11 is 0. The van der Waals surface area contributed by atoms with E-state index in [2.05, 4.69) is 43.1 Å². The van der Waals surface area contributed by atoms with E-state index in [-0.39, 0.29) is 29.4 Å². The number of anilines is 1. The minimum absolute atomic E-state index is 0.00259. The first-order valence-corrected chi connectivity index (χ1v) is 16.9. The Labute approximate surface area is 222 Å². The van der Waals surface area contributed by atoms with Gasteiger partial charge in [0.05, 0.1) is 17.5 Å². The molecule has 1 saturated heterocycles. The van der Waals surface area contributed by atoms with Crippen molar-refractivity contribution in [1.82, 2.24) is 9.62 Å². The largest absolute Gasteiger partial charge is 0.369 e. The molecule has 4 atom stereocenters. The predicted octanol–water partition coefficient (Wildman–Crippen LogP) is 1.52. The molecule has 9 nitrogen and oxygen atoms in total. The second-order valence-corrected chi connectivity index (χ2v) is 16.1. The van der Waals surface area contributed by atoms with Crippen molar-refractivity contribution >= 4 is 31.5 Å². The molecule has 1 heterocycles. The SMILES string of the molecule is Cc1ccccc1N1CCN(S(=O)(=O)C[C@]23CCC(CC2NC(=O)C(N)CCS(C)(=O)=O)C3(C)C)CC1. The lowest BCUT2D eigenvalue weighted by molar-refractivity contribution is -0.124. The Balaban J connectivity index is 1.46. The smallest absolute Gasteiger partial charge is 0.237 e. The molecule has 1 aliphatic heterocycles. The zero-order chi connectivity index (χ0) is 27.2. The minimum atomic E-state index is -3.57. The van der Waals surface area contributed by atoms with E-state index in [1.807, 2.05) is 12.1 Å². The lowest BCUT2D eigenvalue weighted by Crippen LogP contribution is -2.57. The molecular weight excluding hydrogens is 512 g/mol. The van der Waals surface area contributed by atoms with Gasteiger partial charge in [-0.2, -0.15) is 4.31 Å². The Morgan fingerprint density at radius 2 is 1.78 bits per heavy atom. The fourth-order valence-corrected chi connectivity index (χ4v) is 9.87. The number of aryl methyl sites for hydroxylation is 1. The number of sulfonamides is 1. The van der Waals surface area contributed by atoms with Gasteiger partial charge in [0.1, 0.15) is 9.84 Å². The average molecular weight is 555 g/mol. The van der Waals surface area contributed by atoms with Crippen LogP contribution in [0.5, 0.6) is 0 Å². The van der Waals surface area contributed by atoms with Crippen LogP contribution in [-0.2, 0) is 24.7 Å². The molecule has 3 unspecified atom stereocenters. The molecule has 2 saturated carbocycles. The zero-order valence-electron chi connectivity index (χ0n) is 22.4. The zero-order valence-corrected chi connectivity index (χ0v) is 24.1. The number of nitrogens with two attached hydrogens (primary N) is 1. The molecule has 0 aromatic heterocycles. The number of nitrogens with one attached hydrogen (secondary N) is 1. The molecule has 3 aliphatic rings. The van der Waals surface area contributed by atoms with Crippen LogP contribution in [0.25, 0.3) is 0 Å². The van der Waals surface area contributed by atoms with Crippen molar-refractivity contribution in [2.45, 2.75) is 58.5 Å². The lowest BCUT2D eigenvalue weighted by atomic mass is 9.69. The molecular formula is C26H42N4O5S2. The third-order valence-electron chi connectivity index (χ3n) is 9.41. The van der Waals surface area contributed by atoms with Gasteiger partial charge in [-0.15, -0.1) is 0 Å². The summed E-state index contributed by atoms with van der Waals surface area (Å²) in [5, 5.41) is 3.05. The van der Waals surface area contributed by atoms with Gasteiger partial charge in [-0.3, -0.25) is 4.79 Å². The Kier molecular flexibility index (Phi) is 7.75. The van der Waals surface area contributed by atoms with E-state index in [4.69, 9.17) is 5.73 Å². The maximum absolute atomic E-state index is 13.8. The van der Waals surface area contributed by atoms with Gasteiger partial charge in [0.25, 0.3) is 0 Å². The van der Waals surface area contributed by atoms with Gasteiger partial charge in [-0.1, -0.05) is 32.0 Å². The van der Waals surface area contributed by atoms with Crippen molar-refractivity contribution in [2.75, 3.05) is 48.8 Å². The van der Waals surface area contributed by atoms with E-state index < -0.39 is 37.2 Å². The second-order valence-electron chi connectivity index (χ2n) is 11.9. The third kappa shape index (κ3) is 5.55. The second kappa shape index (κ2) is 10.1. The van der Waals surface area contributed by atoms with Crippen LogP contribution in [0.3, 0.4) is 0 Å². The minimum Gasteiger partial charge on any atom is -0.369 e. The number of hydrogen-bond donors (Lipinski definition) is 2. The van der Waals surface area contributed by atoms with Crippen LogP contribution in [-0.4, -0.2) is 83.1 Å². The number of carbonyl (C=O) groups excluding carboxylic acids is 1. The fraction of sp³-hybridized carbons (Fsp3) is 0.731. The van der Waals surface area contributed by atoms with Crippen LogP contribution >= 0.6 is 0 Å². The van der Waals surface area contributed by atoms with Gasteiger partial charge in [0, 0.05) is 49.6 Å². The fourth-order valence-electron chi connectivity index (χ4n) is 6.92. The normalized spacial score (nSPS) is 28.8. The number of amides is 1. The Morgan fingerprint density at radius 1 is 1.14 bits per heavy atom. The molecule has 4 rings (SSSR count). The van der Waals surface area contributed by atoms with E-state index in [0.29, 0.717) is 38.5 Å². The molecule has 0 radical (unpaired) electrons. The number of carbonyl (C=O) groups is 1. The molecule has 208 valence electrons. The van der Waals surface area contributed by atoms with Crippen molar-refractivity contribution in [3.05, 3.63) is 29.8 Å². The Hall–Kier alpha value is -1.69. The monoisotopic (exact) mass is 554 g/mol. The number of hydrogen-bond acceptors (Lipinski definition) is 7. The maximum atomic E-state index is 13.8. The summed E-state index contributed by atoms with van der Waals surface area (Å²) in [5.74, 6) is -0.245. The standard InChI is InChI=1S/C26H42N4O5S2/c1-19-7-5-6-8-22(19)29-12-14-30(15-13-29)37(34,35)18-26-11-9-20(25(26,2)3)17-23(26)28-24(31)21(27)10-16-36(4,32)33/h5-8,20-21,23H,9-18,27H2,1-4H3,(H,28,31)/t20?,21?,23?,26-/m1/s1. The summed E-state index contributed by atoms with van der Waals surface area (Å²) in [4.78, 5) is 15.2. The highest BCUT2D eigenvalue weighted by atomic mass is 32.2. The number of benzene rings is 1. The quantitative estimate of drug-likeness (QED) is 0.473. The number of piperazine rings is 1.